The van der Waals surface area contributed by atoms with Gasteiger partial charge < -0.3 is 5.32 Å². The van der Waals surface area contributed by atoms with Gasteiger partial charge in [-0.3, -0.25) is 9.59 Å². The Labute approximate surface area is 145 Å². The number of hydrogen-bond acceptors (Lipinski definition) is 3. The van der Waals surface area contributed by atoms with Gasteiger partial charge in [0.05, 0.1) is 5.69 Å². The maximum Gasteiger partial charge on any atom is 0.267 e. The molecule has 1 aromatic heterocycles. The van der Waals surface area contributed by atoms with E-state index in [1.165, 1.54) is 10.7 Å². The minimum atomic E-state index is -0.310. The van der Waals surface area contributed by atoms with Crippen LogP contribution >= 0.6 is 0 Å². The minimum Gasteiger partial charge on any atom is -0.324 e. The Bertz CT molecular complexity index is 962. The van der Waals surface area contributed by atoms with E-state index in [9.17, 15) is 9.59 Å². The van der Waals surface area contributed by atoms with Crippen LogP contribution < -0.4 is 10.9 Å². The summed E-state index contributed by atoms with van der Waals surface area (Å²) in [6, 6.07) is 18.3. The van der Waals surface area contributed by atoms with Crippen molar-refractivity contribution in [1.29, 1.82) is 0 Å². The zero-order valence-corrected chi connectivity index (χ0v) is 14.2. The molecular weight excluding hydrogens is 314 g/mol. The monoisotopic (exact) mass is 333 g/mol. The van der Waals surface area contributed by atoms with Crippen molar-refractivity contribution in [2.24, 2.45) is 0 Å². The standard InChI is InChI=1S/C20H19N3O2/c1-14-8-9-17(12-15(14)2)21-19(24)13-23-20(25)11-10-18(22-23)16-6-4-3-5-7-16/h3-12H,13H2,1-2H3,(H,21,24). The number of carbonyl (C=O) groups is 1. The quantitative estimate of drug-likeness (QED) is 0.797. The SMILES string of the molecule is Cc1ccc(NC(=O)Cn2nc(-c3ccccc3)ccc2=O)cc1C. The fourth-order valence-corrected chi connectivity index (χ4v) is 2.48. The lowest BCUT2D eigenvalue weighted by Crippen LogP contribution is -2.29. The first kappa shape index (κ1) is 16.6. The Morgan fingerprint density at radius 2 is 1.76 bits per heavy atom. The fraction of sp³-hybridized carbons (Fsp3) is 0.150. The molecule has 0 saturated heterocycles. The molecule has 0 aliphatic rings. The van der Waals surface area contributed by atoms with Gasteiger partial charge in [-0.25, -0.2) is 4.68 Å². The van der Waals surface area contributed by atoms with E-state index in [0.29, 0.717) is 11.4 Å². The van der Waals surface area contributed by atoms with Crippen LogP contribution in [-0.4, -0.2) is 15.7 Å². The average Bonchev–Trinajstić information content (AvgIpc) is 2.61. The van der Waals surface area contributed by atoms with Crippen molar-refractivity contribution in [3.05, 3.63) is 82.1 Å². The van der Waals surface area contributed by atoms with Crippen LogP contribution in [0.5, 0.6) is 0 Å². The molecular formula is C20H19N3O2. The first-order chi connectivity index (χ1) is 12.0. The number of nitrogens with zero attached hydrogens (tertiary/aromatic N) is 2. The van der Waals surface area contributed by atoms with Crippen molar-refractivity contribution in [2.75, 3.05) is 5.32 Å². The van der Waals surface area contributed by atoms with Gasteiger partial charge in [-0.1, -0.05) is 36.4 Å². The highest BCUT2D eigenvalue weighted by molar-refractivity contribution is 5.90. The molecule has 5 nitrogen and oxygen atoms in total. The van der Waals surface area contributed by atoms with Gasteiger partial charge in [0.15, 0.2) is 0 Å². The second-order valence-corrected chi connectivity index (χ2v) is 5.93. The molecule has 1 amide bonds. The molecule has 0 radical (unpaired) electrons. The lowest BCUT2D eigenvalue weighted by atomic mass is 10.1. The summed E-state index contributed by atoms with van der Waals surface area (Å²) in [4.78, 5) is 24.3. The molecule has 126 valence electrons. The van der Waals surface area contributed by atoms with Gasteiger partial charge in [0.1, 0.15) is 6.54 Å². The molecule has 0 bridgehead atoms. The van der Waals surface area contributed by atoms with Crippen molar-refractivity contribution in [3.63, 3.8) is 0 Å². The van der Waals surface area contributed by atoms with E-state index < -0.39 is 0 Å². The van der Waals surface area contributed by atoms with E-state index in [4.69, 9.17) is 0 Å². The largest absolute Gasteiger partial charge is 0.324 e. The maximum absolute atomic E-state index is 12.3. The molecule has 0 saturated carbocycles. The number of anilines is 1. The van der Waals surface area contributed by atoms with Crippen LogP contribution in [0.25, 0.3) is 11.3 Å². The number of nitrogens with one attached hydrogen (secondary N) is 1. The molecule has 3 rings (SSSR count). The summed E-state index contributed by atoms with van der Waals surface area (Å²) < 4.78 is 1.18. The molecule has 1 N–H and O–H groups in total. The Kier molecular flexibility index (Phi) is 4.75. The number of amides is 1. The highest BCUT2D eigenvalue weighted by Gasteiger charge is 2.09. The summed E-state index contributed by atoms with van der Waals surface area (Å²) in [5.41, 5.74) is 4.20. The third-order valence-electron chi connectivity index (χ3n) is 4.02. The zero-order valence-electron chi connectivity index (χ0n) is 14.2. The van der Waals surface area contributed by atoms with Crippen molar-refractivity contribution in [2.45, 2.75) is 20.4 Å². The summed E-state index contributed by atoms with van der Waals surface area (Å²) in [7, 11) is 0. The van der Waals surface area contributed by atoms with Crippen molar-refractivity contribution >= 4 is 11.6 Å². The molecule has 0 unspecified atom stereocenters. The average molecular weight is 333 g/mol. The number of benzene rings is 2. The normalized spacial score (nSPS) is 10.5. The fourth-order valence-electron chi connectivity index (χ4n) is 2.48. The predicted molar refractivity (Wildman–Crippen MR) is 98.5 cm³/mol. The van der Waals surface area contributed by atoms with Gasteiger partial charge in [-0.05, 0) is 43.2 Å². The van der Waals surface area contributed by atoms with Crippen molar-refractivity contribution < 1.29 is 4.79 Å². The lowest BCUT2D eigenvalue weighted by molar-refractivity contribution is -0.117. The summed E-state index contributed by atoms with van der Waals surface area (Å²) >= 11 is 0. The molecule has 0 aliphatic heterocycles. The molecule has 1 heterocycles. The van der Waals surface area contributed by atoms with Gasteiger partial charge in [0.25, 0.3) is 5.56 Å². The molecule has 3 aromatic rings. The van der Waals surface area contributed by atoms with Crippen LogP contribution in [-0.2, 0) is 11.3 Å². The lowest BCUT2D eigenvalue weighted by Gasteiger charge is -2.09. The smallest absolute Gasteiger partial charge is 0.267 e. The number of carbonyl (C=O) groups excluding carboxylic acids is 1. The summed E-state index contributed by atoms with van der Waals surface area (Å²) in [5, 5.41) is 7.11. The molecule has 5 heteroatoms. The van der Waals surface area contributed by atoms with Crippen LogP contribution in [0.2, 0.25) is 0 Å². The van der Waals surface area contributed by atoms with E-state index in [1.54, 1.807) is 6.07 Å². The maximum atomic E-state index is 12.3. The second-order valence-electron chi connectivity index (χ2n) is 5.93. The van der Waals surface area contributed by atoms with E-state index in [0.717, 1.165) is 16.7 Å². The molecule has 0 spiro atoms. The zero-order chi connectivity index (χ0) is 17.8. The Balaban J connectivity index is 1.79. The van der Waals surface area contributed by atoms with Crippen LogP contribution in [0.15, 0.2) is 65.5 Å². The van der Waals surface area contributed by atoms with Gasteiger partial charge in [0.2, 0.25) is 5.91 Å². The van der Waals surface area contributed by atoms with Crippen molar-refractivity contribution in [1.82, 2.24) is 9.78 Å². The summed E-state index contributed by atoms with van der Waals surface area (Å²) in [6.07, 6.45) is 0. The first-order valence-corrected chi connectivity index (χ1v) is 8.03. The van der Waals surface area contributed by atoms with Crippen LogP contribution in [0, 0.1) is 13.8 Å². The molecule has 0 atom stereocenters. The number of rotatable bonds is 4. The topological polar surface area (TPSA) is 64.0 Å². The Hall–Kier alpha value is -3.21. The first-order valence-electron chi connectivity index (χ1n) is 8.03. The Morgan fingerprint density at radius 3 is 2.48 bits per heavy atom. The minimum absolute atomic E-state index is 0.133. The van der Waals surface area contributed by atoms with Gasteiger partial charge >= 0.3 is 0 Å². The predicted octanol–water partition coefficient (Wildman–Crippen LogP) is 3.17. The molecule has 2 aromatic carbocycles. The van der Waals surface area contributed by atoms with Crippen LogP contribution in [0.1, 0.15) is 11.1 Å². The number of aromatic nitrogens is 2. The second kappa shape index (κ2) is 7.13. The Morgan fingerprint density at radius 1 is 1.00 bits per heavy atom. The van der Waals surface area contributed by atoms with E-state index in [2.05, 4.69) is 10.4 Å². The van der Waals surface area contributed by atoms with Crippen molar-refractivity contribution in [3.8, 4) is 11.3 Å². The van der Waals surface area contributed by atoms with Gasteiger partial charge in [-0.2, -0.15) is 5.10 Å². The van der Waals surface area contributed by atoms with E-state index in [1.807, 2.05) is 62.4 Å². The van der Waals surface area contributed by atoms with Crippen LogP contribution in [0.4, 0.5) is 5.69 Å². The number of hydrogen-bond donors (Lipinski definition) is 1. The molecule has 0 fully saturated rings. The third-order valence-corrected chi connectivity index (χ3v) is 4.02. The van der Waals surface area contributed by atoms with E-state index in [-0.39, 0.29) is 18.0 Å². The van der Waals surface area contributed by atoms with E-state index >= 15 is 0 Å². The highest BCUT2D eigenvalue weighted by atomic mass is 16.2. The third kappa shape index (κ3) is 4.01. The highest BCUT2D eigenvalue weighted by Crippen LogP contribution is 2.15. The van der Waals surface area contributed by atoms with Crippen LogP contribution in [0.3, 0.4) is 0 Å². The summed E-state index contributed by atoms with van der Waals surface area (Å²) in [5.74, 6) is -0.289. The van der Waals surface area contributed by atoms with Gasteiger partial charge in [-0.15, -0.1) is 0 Å². The summed E-state index contributed by atoms with van der Waals surface area (Å²) in [6.45, 7) is 3.87. The van der Waals surface area contributed by atoms with Gasteiger partial charge in [0, 0.05) is 17.3 Å². The molecule has 25 heavy (non-hydrogen) atoms. The molecule has 0 aliphatic carbocycles. The number of aryl methyl sites for hydroxylation is 2.